The second-order valence-electron chi connectivity index (χ2n) is 2.52. The van der Waals surface area contributed by atoms with E-state index in [4.69, 9.17) is 6.42 Å². The average molecular weight is 288 g/mol. The zero-order valence-corrected chi connectivity index (χ0v) is 9.81. The molecule has 1 aromatic carbocycles. The average Bonchev–Trinajstić information content (AvgIpc) is 2.03. The Morgan fingerprint density at radius 1 is 1.33 bits per heavy atom. The summed E-state index contributed by atoms with van der Waals surface area (Å²) in [4.78, 5) is 0. The summed E-state index contributed by atoms with van der Waals surface area (Å²) in [5, 5.41) is 0. The van der Waals surface area contributed by atoms with Gasteiger partial charge in [0.25, 0.3) is 0 Å². The van der Waals surface area contributed by atoms with Gasteiger partial charge in [0.15, 0.2) is 0 Å². The molecule has 0 bridgehead atoms. The molecule has 0 aliphatic heterocycles. The van der Waals surface area contributed by atoms with Crippen molar-refractivity contribution in [3.05, 3.63) is 32.7 Å². The highest BCUT2D eigenvalue weighted by molar-refractivity contribution is 9.11. The molecular weight excluding hydrogens is 280 g/mol. The van der Waals surface area contributed by atoms with Gasteiger partial charge < -0.3 is 0 Å². The molecule has 0 aliphatic carbocycles. The van der Waals surface area contributed by atoms with E-state index in [2.05, 4.69) is 37.8 Å². The molecule has 0 N–H and O–H groups in total. The lowest BCUT2D eigenvalue weighted by Gasteiger charge is -2.09. The molecule has 1 atom stereocenters. The van der Waals surface area contributed by atoms with Crippen LogP contribution in [-0.4, -0.2) is 0 Å². The number of halogens is 2. The van der Waals surface area contributed by atoms with Gasteiger partial charge in [-0.2, -0.15) is 0 Å². The van der Waals surface area contributed by atoms with Gasteiger partial charge in [-0.05, 0) is 24.6 Å². The van der Waals surface area contributed by atoms with Crippen LogP contribution in [0.15, 0.2) is 27.1 Å². The number of hydrogen-bond acceptors (Lipinski definition) is 0. The summed E-state index contributed by atoms with van der Waals surface area (Å²) in [6.45, 7) is 2.00. The van der Waals surface area contributed by atoms with E-state index in [1.165, 1.54) is 0 Å². The molecule has 0 aliphatic rings. The molecule has 0 heterocycles. The molecule has 0 radical (unpaired) electrons. The lowest BCUT2D eigenvalue weighted by Crippen LogP contribution is -1.92. The van der Waals surface area contributed by atoms with Crippen LogP contribution < -0.4 is 0 Å². The minimum absolute atomic E-state index is 0.134. The van der Waals surface area contributed by atoms with Crippen molar-refractivity contribution >= 4 is 31.9 Å². The van der Waals surface area contributed by atoms with E-state index >= 15 is 0 Å². The third-order valence-corrected chi connectivity index (χ3v) is 3.07. The van der Waals surface area contributed by atoms with Crippen LogP contribution >= 0.6 is 31.9 Å². The van der Waals surface area contributed by atoms with Crippen molar-refractivity contribution in [2.24, 2.45) is 0 Å². The van der Waals surface area contributed by atoms with Crippen LogP contribution in [0.1, 0.15) is 18.4 Å². The Kier molecular flexibility index (Phi) is 3.37. The zero-order valence-electron chi connectivity index (χ0n) is 6.64. The molecule has 0 saturated heterocycles. The Labute approximate surface area is 89.6 Å². The molecule has 2 heteroatoms. The van der Waals surface area contributed by atoms with Crippen LogP contribution in [0.3, 0.4) is 0 Å². The van der Waals surface area contributed by atoms with E-state index in [9.17, 15) is 0 Å². The Balaban J connectivity index is 3.23. The van der Waals surface area contributed by atoms with E-state index in [0.717, 1.165) is 14.5 Å². The number of hydrogen-bond donors (Lipinski definition) is 0. The van der Waals surface area contributed by atoms with Crippen LogP contribution in [0.2, 0.25) is 0 Å². The highest BCUT2D eigenvalue weighted by Gasteiger charge is 2.09. The predicted molar refractivity (Wildman–Crippen MR) is 59.1 cm³/mol. The molecule has 0 aromatic heterocycles. The molecule has 0 nitrogen and oxygen atoms in total. The Hall–Kier alpha value is -0.260. The topological polar surface area (TPSA) is 0 Å². The largest absolute Gasteiger partial charge is 0.119 e. The monoisotopic (exact) mass is 286 g/mol. The van der Waals surface area contributed by atoms with Gasteiger partial charge in [0.2, 0.25) is 0 Å². The third kappa shape index (κ3) is 1.91. The van der Waals surface area contributed by atoms with E-state index in [0.29, 0.717) is 0 Å². The summed E-state index contributed by atoms with van der Waals surface area (Å²) in [5.74, 6) is 2.84. The van der Waals surface area contributed by atoms with Crippen LogP contribution in [0.25, 0.3) is 0 Å². The molecule has 0 spiro atoms. The van der Waals surface area contributed by atoms with Gasteiger partial charge >= 0.3 is 0 Å². The van der Waals surface area contributed by atoms with Gasteiger partial charge in [-0.25, -0.2) is 0 Å². The molecule has 1 unspecified atom stereocenters. The molecule has 0 amide bonds. The van der Waals surface area contributed by atoms with Crippen molar-refractivity contribution in [1.82, 2.24) is 0 Å². The summed E-state index contributed by atoms with van der Waals surface area (Å²) in [6.07, 6.45) is 5.35. The van der Waals surface area contributed by atoms with Crippen molar-refractivity contribution in [3.8, 4) is 12.3 Å². The van der Waals surface area contributed by atoms with Crippen LogP contribution in [-0.2, 0) is 0 Å². The van der Waals surface area contributed by atoms with Crippen molar-refractivity contribution < 1.29 is 0 Å². The fraction of sp³-hybridized carbons (Fsp3) is 0.200. The summed E-state index contributed by atoms with van der Waals surface area (Å²) in [5.41, 5.74) is 1.14. The maximum absolute atomic E-state index is 5.35. The van der Waals surface area contributed by atoms with E-state index in [1.807, 2.05) is 25.1 Å². The molecule has 0 fully saturated rings. The maximum atomic E-state index is 5.35. The van der Waals surface area contributed by atoms with Gasteiger partial charge in [0.1, 0.15) is 0 Å². The fourth-order valence-corrected chi connectivity index (χ4v) is 2.69. The Morgan fingerprint density at radius 2 is 1.83 bits per heavy atom. The quantitative estimate of drug-likeness (QED) is 0.686. The van der Waals surface area contributed by atoms with Crippen molar-refractivity contribution in [1.29, 1.82) is 0 Å². The first-order valence-electron chi connectivity index (χ1n) is 3.57. The van der Waals surface area contributed by atoms with Gasteiger partial charge in [-0.15, -0.1) is 6.42 Å². The number of benzene rings is 1. The maximum Gasteiger partial charge on any atom is 0.0443 e. The minimum Gasteiger partial charge on any atom is -0.119 e. The van der Waals surface area contributed by atoms with Crippen molar-refractivity contribution in [3.63, 3.8) is 0 Å². The second kappa shape index (κ2) is 4.11. The predicted octanol–water partition coefficient (Wildman–Crippen LogP) is 3.95. The molecule has 0 saturated carbocycles. The molecule has 1 aromatic rings. The minimum atomic E-state index is 0.134. The van der Waals surface area contributed by atoms with E-state index < -0.39 is 0 Å². The first-order chi connectivity index (χ1) is 5.66. The van der Waals surface area contributed by atoms with Gasteiger partial charge in [0, 0.05) is 14.9 Å². The normalized spacial score (nSPS) is 12.2. The first kappa shape index (κ1) is 9.83. The SMILES string of the molecule is C#CC(C)c1c(Br)cccc1Br. The van der Waals surface area contributed by atoms with Crippen molar-refractivity contribution in [2.75, 3.05) is 0 Å². The van der Waals surface area contributed by atoms with Crippen LogP contribution in [0.4, 0.5) is 0 Å². The molecular formula is C10H8Br2. The van der Waals surface area contributed by atoms with Crippen LogP contribution in [0.5, 0.6) is 0 Å². The third-order valence-electron chi connectivity index (χ3n) is 1.68. The van der Waals surface area contributed by atoms with E-state index in [1.54, 1.807) is 0 Å². The highest BCUT2D eigenvalue weighted by Crippen LogP contribution is 2.31. The van der Waals surface area contributed by atoms with Crippen molar-refractivity contribution in [2.45, 2.75) is 12.8 Å². The molecule has 62 valence electrons. The lowest BCUT2D eigenvalue weighted by molar-refractivity contribution is 0.988. The molecule has 1 rings (SSSR count). The summed E-state index contributed by atoms with van der Waals surface area (Å²) >= 11 is 6.93. The van der Waals surface area contributed by atoms with E-state index in [-0.39, 0.29) is 5.92 Å². The molecule has 12 heavy (non-hydrogen) atoms. The lowest BCUT2D eigenvalue weighted by atomic mass is 10.0. The Bertz CT molecular complexity index is 303. The summed E-state index contributed by atoms with van der Waals surface area (Å²) in [6, 6.07) is 5.96. The number of terminal acetylenes is 1. The summed E-state index contributed by atoms with van der Waals surface area (Å²) < 4.78 is 2.12. The van der Waals surface area contributed by atoms with Gasteiger partial charge in [-0.3, -0.25) is 0 Å². The van der Waals surface area contributed by atoms with Gasteiger partial charge in [-0.1, -0.05) is 43.8 Å². The number of rotatable bonds is 1. The highest BCUT2D eigenvalue weighted by atomic mass is 79.9. The summed E-state index contributed by atoms with van der Waals surface area (Å²) in [7, 11) is 0. The fourth-order valence-electron chi connectivity index (χ4n) is 1.01. The second-order valence-corrected chi connectivity index (χ2v) is 4.23. The van der Waals surface area contributed by atoms with Gasteiger partial charge in [0.05, 0.1) is 0 Å². The smallest absolute Gasteiger partial charge is 0.0443 e. The first-order valence-corrected chi connectivity index (χ1v) is 5.15. The Morgan fingerprint density at radius 3 is 2.25 bits per heavy atom. The van der Waals surface area contributed by atoms with Crippen LogP contribution in [0, 0.1) is 12.3 Å². The zero-order chi connectivity index (χ0) is 9.14. The standard InChI is InChI=1S/C10H8Br2/c1-3-7(2)10-8(11)5-4-6-9(10)12/h1,4-7H,2H3.